The van der Waals surface area contributed by atoms with Gasteiger partial charge in [-0.25, -0.2) is 13.4 Å². The van der Waals surface area contributed by atoms with E-state index in [1.165, 1.54) is 44.8 Å². The summed E-state index contributed by atoms with van der Waals surface area (Å²) < 4.78 is 44.8. The molecule has 1 aliphatic heterocycles. The van der Waals surface area contributed by atoms with Crippen molar-refractivity contribution in [2.24, 2.45) is 0 Å². The number of rotatable bonds is 9. The van der Waals surface area contributed by atoms with Crippen LogP contribution in [-0.4, -0.2) is 57.0 Å². The minimum Gasteiger partial charge on any atom is -0.494 e. The molecule has 0 bridgehead atoms. The van der Waals surface area contributed by atoms with Crippen molar-refractivity contribution in [1.29, 1.82) is 0 Å². The van der Waals surface area contributed by atoms with Crippen LogP contribution in [0, 0.1) is 0 Å². The standard InChI is InChI=1S/C26H27N3O6S2/c1-28(16-19-6-4-14-34-19)37(31,32)21-12-10-18(11-13-21)25(30)29(17-20-7-5-15-35-20)26-27-24-22(33-2)8-3-9-23(24)36-26/h3,5,7-13,15,19H,4,6,14,16-17H2,1-2H3. The fourth-order valence-electron chi connectivity index (χ4n) is 4.25. The molecule has 0 N–H and O–H groups in total. The lowest BCUT2D eigenvalue weighted by atomic mass is 10.2. The topological polar surface area (TPSA) is 102 Å². The van der Waals surface area contributed by atoms with E-state index >= 15 is 0 Å². The summed E-state index contributed by atoms with van der Waals surface area (Å²) in [5, 5.41) is 0.480. The van der Waals surface area contributed by atoms with E-state index in [1.54, 1.807) is 32.6 Å². The molecule has 1 aliphatic rings. The molecule has 1 unspecified atom stereocenters. The van der Waals surface area contributed by atoms with E-state index in [0.717, 1.165) is 17.5 Å². The molecule has 1 atom stereocenters. The van der Waals surface area contributed by atoms with Crippen molar-refractivity contribution in [3.63, 3.8) is 0 Å². The van der Waals surface area contributed by atoms with Crippen LogP contribution in [0.3, 0.4) is 0 Å². The molecule has 3 heterocycles. The van der Waals surface area contributed by atoms with Crippen LogP contribution in [0.15, 0.2) is 70.2 Å². The number of thiazole rings is 1. The van der Waals surface area contributed by atoms with E-state index in [4.69, 9.17) is 13.9 Å². The molecule has 2 aromatic carbocycles. The van der Waals surface area contributed by atoms with Crippen LogP contribution in [0.5, 0.6) is 5.75 Å². The molecule has 0 saturated carbocycles. The maximum absolute atomic E-state index is 13.7. The molecule has 0 aliphatic carbocycles. The SMILES string of the molecule is COc1cccc2sc(N(Cc3ccco3)C(=O)c3ccc(S(=O)(=O)N(C)CC4CCCO4)cc3)nc12. The molecule has 1 amide bonds. The first-order valence-electron chi connectivity index (χ1n) is 11.8. The van der Waals surface area contributed by atoms with Gasteiger partial charge < -0.3 is 13.9 Å². The van der Waals surface area contributed by atoms with Gasteiger partial charge in [0.05, 0.1) is 35.6 Å². The van der Waals surface area contributed by atoms with Gasteiger partial charge in [-0.05, 0) is 61.4 Å². The van der Waals surface area contributed by atoms with Crippen molar-refractivity contribution in [3.05, 3.63) is 72.2 Å². The number of methoxy groups -OCH3 is 1. The van der Waals surface area contributed by atoms with Crippen LogP contribution in [0.2, 0.25) is 0 Å². The lowest BCUT2D eigenvalue weighted by molar-refractivity contribution is 0.0978. The van der Waals surface area contributed by atoms with Gasteiger partial charge >= 0.3 is 0 Å². The number of anilines is 1. The van der Waals surface area contributed by atoms with Crippen LogP contribution in [0.4, 0.5) is 5.13 Å². The number of sulfonamides is 1. The maximum atomic E-state index is 13.7. The van der Waals surface area contributed by atoms with E-state index < -0.39 is 10.0 Å². The highest BCUT2D eigenvalue weighted by atomic mass is 32.2. The highest BCUT2D eigenvalue weighted by Crippen LogP contribution is 2.35. The number of amides is 1. The Balaban J connectivity index is 1.42. The first-order valence-corrected chi connectivity index (χ1v) is 14.1. The van der Waals surface area contributed by atoms with Gasteiger partial charge in [-0.2, -0.15) is 4.31 Å². The number of carbonyl (C=O) groups is 1. The molecule has 4 aromatic rings. The number of hydrogen-bond donors (Lipinski definition) is 0. The molecule has 1 saturated heterocycles. The number of nitrogens with zero attached hydrogens (tertiary/aromatic N) is 3. The summed E-state index contributed by atoms with van der Waals surface area (Å²) in [6, 6.07) is 15.1. The zero-order valence-corrected chi connectivity index (χ0v) is 22.1. The molecular weight excluding hydrogens is 514 g/mol. The zero-order valence-electron chi connectivity index (χ0n) is 20.5. The molecular formula is C26H27N3O6S2. The number of ether oxygens (including phenoxy) is 2. The molecule has 0 spiro atoms. The van der Waals surface area contributed by atoms with Crippen LogP contribution in [0.25, 0.3) is 10.2 Å². The third-order valence-corrected chi connectivity index (χ3v) is 9.14. The summed E-state index contributed by atoms with van der Waals surface area (Å²) >= 11 is 1.36. The van der Waals surface area contributed by atoms with Crippen molar-refractivity contribution in [1.82, 2.24) is 9.29 Å². The minimum absolute atomic E-state index is 0.0942. The van der Waals surface area contributed by atoms with Crippen LogP contribution < -0.4 is 9.64 Å². The Kier molecular flexibility index (Phi) is 7.29. The number of likely N-dealkylation sites (N-methyl/N-ethyl adjacent to an activating group) is 1. The Bertz CT molecular complexity index is 1480. The monoisotopic (exact) mass is 541 g/mol. The summed E-state index contributed by atoms with van der Waals surface area (Å²) in [5.41, 5.74) is 0.997. The number of furan rings is 1. The zero-order chi connectivity index (χ0) is 26.0. The number of benzene rings is 2. The van der Waals surface area contributed by atoms with Crippen molar-refractivity contribution in [3.8, 4) is 5.75 Å². The van der Waals surface area contributed by atoms with Crippen molar-refractivity contribution in [2.45, 2.75) is 30.4 Å². The number of fused-ring (bicyclic) bond motifs is 1. The highest BCUT2D eigenvalue weighted by molar-refractivity contribution is 7.89. The molecule has 1 fully saturated rings. The Morgan fingerprint density at radius 1 is 1.16 bits per heavy atom. The van der Waals surface area contributed by atoms with Gasteiger partial charge in [0.2, 0.25) is 10.0 Å². The van der Waals surface area contributed by atoms with Gasteiger partial charge in [0.15, 0.2) is 5.13 Å². The second-order valence-corrected chi connectivity index (χ2v) is 11.8. The highest BCUT2D eigenvalue weighted by Gasteiger charge is 2.28. The largest absolute Gasteiger partial charge is 0.494 e. The fraction of sp³-hybridized carbons (Fsp3) is 0.308. The normalized spacial score (nSPS) is 15.9. The van der Waals surface area contributed by atoms with E-state index in [0.29, 0.717) is 40.9 Å². The predicted molar refractivity (Wildman–Crippen MR) is 141 cm³/mol. The first-order chi connectivity index (χ1) is 17.9. The van der Waals surface area contributed by atoms with Crippen molar-refractivity contribution < 1.29 is 27.1 Å². The van der Waals surface area contributed by atoms with Gasteiger partial charge in [-0.1, -0.05) is 17.4 Å². The quantitative estimate of drug-likeness (QED) is 0.306. The summed E-state index contributed by atoms with van der Waals surface area (Å²) in [7, 11) is -0.597. The molecule has 194 valence electrons. The van der Waals surface area contributed by atoms with E-state index in [2.05, 4.69) is 4.98 Å². The van der Waals surface area contributed by atoms with Gasteiger partial charge in [0.25, 0.3) is 5.91 Å². The average Bonchev–Trinajstić information content (AvgIpc) is 3.69. The fourth-order valence-corrected chi connectivity index (χ4v) is 6.44. The van der Waals surface area contributed by atoms with Crippen molar-refractivity contribution >= 4 is 42.6 Å². The Morgan fingerprint density at radius 2 is 1.97 bits per heavy atom. The number of hydrogen-bond acceptors (Lipinski definition) is 8. The van der Waals surface area contributed by atoms with Gasteiger partial charge in [-0.3, -0.25) is 9.69 Å². The first kappa shape index (κ1) is 25.4. The summed E-state index contributed by atoms with van der Waals surface area (Å²) in [4.78, 5) is 20.0. The second kappa shape index (κ2) is 10.6. The van der Waals surface area contributed by atoms with E-state index in [1.807, 2.05) is 18.2 Å². The predicted octanol–water partition coefficient (Wildman–Crippen LogP) is 4.54. The third-order valence-electron chi connectivity index (χ3n) is 6.25. The number of carbonyl (C=O) groups excluding carboxylic acids is 1. The van der Waals surface area contributed by atoms with Gasteiger partial charge in [0.1, 0.15) is 17.0 Å². The lowest BCUT2D eigenvalue weighted by Crippen LogP contribution is -2.34. The Labute approximate surface area is 219 Å². The average molecular weight is 542 g/mol. The van der Waals surface area contributed by atoms with Crippen LogP contribution >= 0.6 is 11.3 Å². The minimum atomic E-state index is -3.72. The lowest BCUT2D eigenvalue weighted by Gasteiger charge is -2.21. The molecule has 2 aromatic heterocycles. The van der Waals surface area contributed by atoms with Gasteiger partial charge in [-0.15, -0.1) is 0 Å². The Morgan fingerprint density at radius 3 is 2.65 bits per heavy atom. The van der Waals surface area contributed by atoms with E-state index in [-0.39, 0.29) is 23.5 Å². The second-order valence-electron chi connectivity index (χ2n) is 8.72. The molecule has 9 nitrogen and oxygen atoms in total. The molecule has 0 radical (unpaired) electrons. The summed E-state index contributed by atoms with van der Waals surface area (Å²) in [6.07, 6.45) is 3.23. The smallest absolute Gasteiger partial charge is 0.260 e. The van der Waals surface area contributed by atoms with E-state index in [9.17, 15) is 13.2 Å². The van der Waals surface area contributed by atoms with Crippen LogP contribution in [-0.2, 0) is 21.3 Å². The number of aromatic nitrogens is 1. The third kappa shape index (κ3) is 5.26. The molecule has 11 heteroatoms. The Hall–Kier alpha value is -3.25. The van der Waals surface area contributed by atoms with Crippen molar-refractivity contribution in [2.75, 3.05) is 32.2 Å². The summed E-state index contributed by atoms with van der Waals surface area (Å²) in [6.45, 7) is 1.12. The molecule has 5 rings (SSSR count). The maximum Gasteiger partial charge on any atom is 0.260 e. The van der Waals surface area contributed by atoms with Gasteiger partial charge in [0, 0.05) is 25.8 Å². The van der Waals surface area contributed by atoms with Crippen LogP contribution in [0.1, 0.15) is 29.0 Å². The molecule has 37 heavy (non-hydrogen) atoms. The number of para-hydroxylation sites is 1. The summed E-state index contributed by atoms with van der Waals surface area (Å²) in [5.74, 6) is 0.882.